The van der Waals surface area contributed by atoms with E-state index in [-0.39, 0.29) is 5.97 Å². The summed E-state index contributed by atoms with van der Waals surface area (Å²) in [6.45, 7) is 2.59. The minimum absolute atomic E-state index is 0.205. The van der Waals surface area contributed by atoms with Crippen LogP contribution in [0, 0.1) is 6.92 Å². The molecule has 0 aromatic heterocycles. The summed E-state index contributed by atoms with van der Waals surface area (Å²) in [6.07, 6.45) is 0.984. The number of carbonyl (C=O) groups excluding carboxylic acids is 1. The van der Waals surface area contributed by atoms with E-state index in [1.165, 1.54) is 12.7 Å². The van der Waals surface area contributed by atoms with Crippen LogP contribution in [0.25, 0.3) is 0 Å². The van der Waals surface area contributed by atoms with Gasteiger partial charge in [0.25, 0.3) is 0 Å². The number of para-hydroxylation sites is 1. The Balaban J connectivity index is 1.99. The lowest BCUT2D eigenvalue weighted by molar-refractivity contribution is -0.140. The van der Waals surface area contributed by atoms with Crippen molar-refractivity contribution in [2.45, 2.75) is 26.4 Å². The van der Waals surface area contributed by atoms with E-state index in [9.17, 15) is 4.79 Å². The number of aryl methyl sites for hydroxylation is 2. The molecule has 0 spiro atoms. The van der Waals surface area contributed by atoms with Crippen LogP contribution in [0.1, 0.15) is 23.1 Å². The molecule has 3 nitrogen and oxygen atoms in total. The Morgan fingerprint density at radius 3 is 2.48 bits per heavy atom. The monoisotopic (exact) mass is 284 g/mol. The van der Waals surface area contributed by atoms with Gasteiger partial charge in [-0.1, -0.05) is 48.0 Å². The first-order valence-corrected chi connectivity index (χ1v) is 7.02. The zero-order chi connectivity index (χ0) is 15.1. The summed E-state index contributed by atoms with van der Waals surface area (Å²) in [7, 11) is 1.40. The van der Waals surface area contributed by atoms with Crippen LogP contribution in [0.5, 0.6) is 5.75 Å². The molecule has 0 aliphatic carbocycles. The standard InChI is InChI=1S/C18H20O3/c1-14-7-9-15(10-8-14)13-21-17-6-4-3-5-16(17)11-12-18(19)20-2/h3-10H,11-13H2,1-2H3. The number of esters is 1. The Morgan fingerprint density at radius 1 is 1.05 bits per heavy atom. The molecule has 0 radical (unpaired) electrons. The van der Waals surface area contributed by atoms with Crippen LogP contribution < -0.4 is 4.74 Å². The first kappa shape index (κ1) is 15.1. The molecule has 0 atom stereocenters. The van der Waals surface area contributed by atoms with Gasteiger partial charge in [0.1, 0.15) is 12.4 Å². The van der Waals surface area contributed by atoms with Crippen molar-refractivity contribution in [2.75, 3.05) is 7.11 Å². The summed E-state index contributed by atoms with van der Waals surface area (Å²) in [4.78, 5) is 11.2. The molecule has 0 bridgehead atoms. The van der Waals surface area contributed by atoms with Gasteiger partial charge < -0.3 is 9.47 Å². The molecule has 0 unspecified atom stereocenters. The highest BCUT2D eigenvalue weighted by molar-refractivity contribution is 5.69. The zero-order valence-electron chi connectivity index (χ0n) is 12.5. The molecular formula is C18H20O3. The van der Waals surface area contributed by atoms with Crippen molar-refractivity contribution in [3.05, 3.63) is 65.2 Å². The normalized spacial score (nSPS) is 10.2. The van der Waals surface area contributed by atoms with Gasteiger partial charge >= 0.3 is 5.97 Å². The summed E-state index contributed by atoms with van der Waals surface area (Å²) in [5.41, 5.74) is 3.38. The van der Waals surface area contributed by atoms with Crippen molar-refractivity contribution in [1.29, 1.82) is 0 Å². The van der Waals surface area contributed by atoms with Gasteiger partial charge in [-0.3, -0.25) is 4.79 Å². The molecule has 0 aliphatic heterocycles. The minimum Gasteiger partial charge on any atom is -0.489 e. The van der Waals surface area contributed by atoms with Gasteiger partial charge in [-0.25, -0.2) is 0 Å². The van der Waals surface area contributed by atoms with Crippen LogP contribution in [-0.2, 0) is 22.6 Å². The predicted octanol–water partition coefficient (Wildman–Crippen LogP) is 3.68. The lowest BCUT2D eigenvalue weighted by atomic mass is 10.1. The molecule has 0 saturated heterocycles. The highest BCUT2D eigenvalue weighted by atomic mass is 16.5. The van der Waals surface area contributed by atoms with Crippen LogP contribution in [0.2, 0.25) is 0 Å². The summed E-state index contributed by atoms with van der Waals surface area (Å²) in [5, 5.41) is 0. The van der Waals surface area contributed by atoms with Crippen LogP contribution in [0.15, 0.2) is 48.5 Å². The van der Waals surface area contributed by atoms with E-state index in [0.29, 0.717) is 19.4 Å². The third-order valence-corrected chi connectivity index (χ3v) is 3.31. The second-order valence-electron chi connectivity index (χ2n) is 4.96. The first-order chi connectivity index (χ1) is 10.2. The number of hydrogen-bond acceptors (Lipinski definition) is 3. The number of rotatable bonds is 6. The van der Waals surface area contributed by atoms with Gasteiger partial charge in [0.2, 0.25) is 0 Å². The topological polar surface area (TPSA) is 35.5 Å². The third-order valence-electron chi connectivity index (χ3n) is 3.31. The summed E-state index contributed by atoms with van der Waals surface area (Å²) in [6, 6.07) is 16.1. The molecule has 0 amide bonds. The fraction of sp³-hybridized carbons (Fsp3) is 0.278. The minimum atomic E-state index is -0.205. The Morgan fingerprint density at radius 2 is 1.76 bits per heavy atom. The van der Waals surface area contributed by atoms with Gasteiger partial charge in [-0.2, -0.15) is 0 Å². The number of hydrogen-bond donors (Lipinski definition) is 0. The van der Waals surface area contributed by atoms with E-state index >= 15 is 0 Å². The van der Waals surface area contributed by atoms with Crippen molar-refractivity contribution in [1.82, 2.24) is 0 Å². The van der Waals surface area contributed by atoms with E-state index in [2.05, 4.69) is 35.9 Å². The van der Waals surface area contributed by atoms with Crippen molar-refractivity contribution in [2.24, 2.45) is 0 Å². The van der Waals surface area contributed by atoms with Gasteiger partial charge in [0.15, 0.2) is 0 Å². The Bertz CT molecular complexity index is 588. The Labute approximate surface area is 125 Å². The maximum Gasteiger partial charge on any atom is 0.305 e. The quantitative estimate of drug-likeness (QED) is 0.759. The van der Waals surface area contributed by atoms with E-state index in [0.717, 1.165) is 16.9 Å². The number of methoxy groups -OCH3 is 1. The highest BCUT2D eigenvalue weighted by Crippen LogP contribution is 2.21. The van der Waals surface area contributed by atoms with Crippen molar-refractivity contribution in [3.63, 3.8) is 0 Å². The summed E-state index contributed by atoms with van der Waals surface area (Å²) in [5.74, 6) is 0.616. The van der Waals surface area contributed by atoms with Crippen molar-refractivity contribution in [3.8, 4) is 5.75 Å². The maximum atomic E-state index is 11.2. The number of carbonyl (C=O) groups is 1. The van der Waals surface area contributed by atoms with Gasteiger partial charge in [0, 0.05) is 6.42 Å². The van der Waals surface area contributed by atoms with E-state index in [4.69, 9.17) is 4.74 Å². The molecular weight excluding hydrogens is 264 g/mol. The summed E-state index contributed by atoms with van der Waals surface area (Å²) >= 11 is 0. The predicted molar refractivity (Wildman–Crippen MR) is 82.3 cm³/mol. The average molecular weight is 284 g/mol. The molecule has 0 N–H and O–H groups in total. The van der Waals surface area contributed by atoms with Crippen LogP contribution in [-0.4, -0.2) is 13.1 Å². The largest absolute Gasteiger partial charge is 0.489 e. The SMILES string of the molecule is COC(=O)CCc1ccccc1OCc1ccc(C)cc1. The lowest BCUT2D eigenvalue weighted by Gasteiger charge is -2.11. The Hall–Kier alpha value is -2.29. The average Bonchev–Trinajstić information content (AvgIpc) is 2.52. The molecule has 2 aromatic carbocycles. The van der Waals surface area contributed by atoms with Gasteiger partial charge in [-0.05, 0) is 30.5 Å². The van der Waals surface area contributed by atoms with Crippen LogP contribution in [0.4, 0.5) is 0 Å². The number of ether oxygens (including phenoxy) is 2. The van der Waals surface area contributed by atoms with E-state index < -0.39 is 0 Å². The Kier molecular flexibility index (Phi) is 5.38. The molecule has 3 heteroatoms. The molecule has 2 aromatic rings. The molecule has 0 aliphatic rings. The van der Waals surface area contributed by atoms with Crippen LogP contribution >= 0.6 is 0 Å². The molecule has 2 rings (SSSR count). The van der Waals surface area contributed by atoms with E-state index in [1.54, 1.807) is 0 Å². The van der Waals surface area contributed by atoms with E-state index in [1.807, 2.05) is 24.3 Å². The zero-order valence-corrected chi connectivity index (χ0v) is 12.5. The fourth-order valence-corrected chi connectivity index (χ4v) is 2.04. The summed E-state index contributed by atoms with van der Waals surface area (Å²) < 4.78 is 10.5. The highest BCUT2D eigenvalue weighted by Gasteiger charge is 2.07. The number of benzene rings is 2. The smallest absolute Gasteiger partial charge is 0.305 e. The van der Waals surface area contributed by atoms with Gasteiger partial charge in [-0.15, -0.1) is 0 Å². The molecule has 0 saturated carbocycles. The van der Waals surface area contributed by atoms with Gasteiger partial charge in [0.05, 0.1) is 7.11 Å². The van der Waals surface area contributed by atoms with Crippen molar-refractivity contribution >= 4 is 5.97 Å². The lowest BCUT2D eigenvalue weighted by Crippen LogP contribution is -2.04. The van der Waals surface area contributed by atoms with Crippen LogP contribution in [0.3, 0.4) is 0 Å². The molecule has 110 valence electrons. The second kappa shape index (κ2) is 7.48. The van der Waals surface area contributed by atoms with Crippen molar-refractivity contribution < 1.29 is 14.3 Å². The molecule has 0 fully saturated rings. The first-order valence-electron chi connectivity index (χ1n) is 7.02. The third kappa shape index (κ3) is 4.63. The molecule has 0 heterocycles. The maximum absolute atomic E-state index is 11.2. The second-order valence-corrected chi connectivity index (χ2v) is 4.96. The fourth-order valence-electron chi connectivity index (χ4n) is 2.04. The molecule has 21 heavy (non-hydrogen) atoms.